The number of aliphatic carboxylic acids is 1. The molecule has 0 spiro atoms. The van der Waals surface area contributed by atoms with Crippen LogP contribution in [0.5, 0.6) is 0 Å². The number of aromatic nitrogens is 1. The van der Waals surface area contributed by atoms with E-state index < -0.39 is 47.7 Å². The van der Waals surface area contributed by atoms with Crippen LogP contribution in [0.15, 0.2) is 72.1 Å². The molecule has 4 rings (SSSR count). The van der Waals surface area contributed by atoms with Crippen molar-refractivity contribution in [1.82, 2.24) is 10.3 Å². The first-order valence-corrected chi connectivity index (χ1v) is 13.4. The minimum atomic E-state index is -5.03. The zero-order valence-corrected chi connectivity index (χ0v) is 22.8. The van der Waals surface area contributed by atoms with Crippen LogP contribution in [0.3, 0.4) is 0 Å². The van der Waals surface area contributed by atoms with Gasteiger partial charge in [-0.2, -0.15) is 26.3 Å². The van der Waals surface area contributed by atoms with Crippen molar-refractivity contribution < 1.29 is 45.4 Å². The van der Waals surface area contributed by atoms with Gasteiger partial charge >= 0.3 is 18.3 Å². The molecule has 0 saturated carbocycles. The van der Waals surface area contributed by atoms with Gasteiger partial charge in [-0.05, 0) is 53.6 Å². The molecule has 14 heteroatoms. The molecule has 0 aliphatic carbocycles. The molecule has 226 valence electrons. The topological polar surface area (TPSA) is 82.5 Å². The number of carbonyl (C=O) groups is 2. The number of halogens is 7. The normalized spacial score (nSPS) is 11.8. The molecule has 0 radical (unpaired) electrons. The third-order valence-corrected chi connectivity index (χ3v) is 7.05. The molecule has 0 aliphatic rings. The highest BCUT2D eigenvalue weighted by Crippen LogP contribution is 2.37. The van der Waals surface area contributed by atoms with Gasteiger partial charge in [-0.3, -0.25) is 9.59 Å². The molecule has 0 bridgehead atoms. The van der Waals surface area contributed by atoms with Gasteiger partial charge in [-0.1, -0.05) is 24.3 Å². The molecule has 3 aromatic carbocycles. The van der Waals surface area contributed by atoms with Crippen molar-refractivity contribution in [2.24, 2.45) is 0 Å². The summed E-state index contributed by atoms with van der Waals surface area (Å²) in [5.74, 6) is -2.17. The van der Waals surface area contributed by atoms with Gasteiger partial charge in [-0.15, -0.1) is 11.3 Å². The second-order valence-electron chi connectivity index (χ2n) is 9.36. The zero-order valence-electron chi connectivity index (χ0n) is 22.0. The van der Waals surface area contributed by atoms with Gasteiger partial charge in [0, 0.05) is 36.1 Å². The Hall–Kier alpha value is -4.46. The van der Waals surface area contributed by atoms with E-state index in [0.717, 1.165) is 11.3 Å². The monoisotopic (exact) mass is 625 g/mol. The molecule has 1 aromatic heterocycles. The van der Waals surface area contributed by atoms with E-state index in [1.165, 1.54) is 52.7 Å². The summed E-state index contributed by atoms with van der Waals surface area (Å²) in [5.41, 5.74) is -2.04. The smallest absolute Gasteiger partial charge is 0.416 e. The van der Waals surface area contributed by atoms with Crippen LogP contribution in [0.2, 0.25) is 0 Å². The second-order valence-corrected chi connectivity index (χ2v) is 10.2. The van der Waals surface area contributed by atoms with E-state index in [2.05, 4.69) is 10.3 Å². The molecule has 43 heavy (non-hydrogen) atoms. The lowest BCUT2D eigenvalue weighted by Gasteiger charge is -2.24. The van der Waals surface area contributed by atoms with Gasteiger partial charge in [-0.25, -0.2) is 9.37 Å². The Morgan fingerprint density at radius 2 is 1.47 bits per heavy atom. The predicted molar refractivity (Wildman–Crippen MR) is 145 cm³/mol. The number of anilines is 1. The Bertz CT molecular complexity index is 1570. The third-order valence-electron chi connectivity index (χ3n) is 6.15. The largest absolute Gasteiger partial charge is 0.481 e. The van der Waals surface area contributed by atoms with Crippen LogP contribution in [-0.2, 0) is 30.2 Å². The van der Waals surface area contributed by atoms with E-state index in [9.17, 15) is 40.3 Å². The van der Waals surface area contributed by atoms with Gasteiger partial charge in [0.1, 0.15) is 5.82 Å². The summed E-state index contributed by atoms with van der Waals surface area (Å²) in [6, 6.07) is 13.1. The summed E-state index contributed by atoms with van der Waals surface area (Å²) in [7, 11) is 0. The summed E-state index contributed by atoms with van der Waals surface area (Å²) in [6.45, 7) is -0.535. The average molecular weight is 626 g/mol. The van der Waals surface area contributed by atoms with Crippen molar-refractivity contribution in [1.29, 1.82) is 0 Å². The van der Waals surface area contributed by atoms with Crippen LogP contribution < -0.4 is 10.2 Å². The van der Waals surface area contributed by atoms with Crippen LogP contribution in [0.1, 0.15) is 39.0 Å². The molecule has 6 nitrogen and oxygen atoms in total. The number of benzene rings is 3. The Morgan fingerprint density at radius 3 is 2.05 bits per heavy atom. The Balaban J connectivity index is 1.67. The quantitative estimate of drug-likeness (QED) is 0.180. The average Bonchev–Trinajstić information content (AvgIpc) is 3.42. The number of alkyl halides is 6. The lowest BCUT2D eigenvalue weighted by molar-refractivity contribution is -0.143. The van der Waals surface area contributed by atoms with E-state index in [4.69, 9.17) is 5.11 Å². The van der Waals surface area contributed by atoms with Gasteiger partial charge < -0.3 is 15.3 Å². The van der Waals surface area contributed by atoms with E-state index in [1.807, 2.05) is 0 Å². The highest BCUT2D eigenvalue weighted by molar-refractivity contribution is 7.14. The second kappa shape index (κ2) is 12.8. The van der Waals surface area contributed by atoms with Crippen molar-refractivity contribution >= 4 is 28.3 Å². The van der Waals surface area contributed by atoms with Crippen molar-refractivity contribution in [3.63, 3.8) is 0 Å². The fourth-order valence-electron chi connectivity index (χ4n) is 4.09. The number of nitrogens with zero attached hydrogens (tertiary/aromatic N) is 2. The maximum absolute atomic E-state index is 14.4. The fourth-order valence-corrected chi connectivity index (χ4v) is 4.92. The minimum Gasteiger partial charge on any atom is -0.481 e. The Labute approximate surface area is 244 Å². The number of hydrogen-bond donors (Lipinski definition) is 2. The number of carbonyl (C=O) groups excluding carboxylic acids is 1. The first-order chi connectivity index (χ1) is 20.2. The van der Waals surface area contributed by atoms with Crippen molar-refractivity contribution in [3.8, 4) is 11.3 Å². The first-order valence-electron chi connectivity index (χ1n) is 12.5. The van der Waals surface area contributed by atoms with Crippen molar-refractivity contribution in [2.75, 3.05) is 11.4 Å². The molecular weight excluding hydrogens is 603 g/mol. The molecule has 4 aromatic rings. The molecule has 0 unspecified atom stereocenters. The van der Waals surface area contributed by atoms with Crippen molar-refractivity contribution in [3.05, 3.63) is 106 Å². The lowest BCUT2D eigenvalue weighted by Crippen LogP contribution is -2.26. The molecule has 0 fully saturated rings. The van der Waals surface area contributed by atoms with Gasteiger partial charge in [0.2, 0.25) is 0 Å². The summed E-state index contributed by atoms with van der Waals surface area (Å²) in [5, 5.41) is 12.9. The number of amides is 1. The van der Waals surface area contributed by atoms with Crippen molar-refractivity contribution in [2.45, 2.75) is 31.9 Å². The summed E-state index contributed by atoms with van der Waals surface area (Å²) >= 11 is 1.03. The molecule has 0 aliphatic heterocycles. The number of thiazole rings is 1. The van der Waals surface area contributed by atoms with E-state index in [1.54, 1.807) is 6.07 Å². The van der Waals surface area contributed by atoms with Crippen LogP contribution in [0.4, 0.5) is 35.9 Å². The zero-order chi connectivity index (χ0) is 31.4. The van der Waals surface area contributed by atoms with Crippen LogP contribution >= 0.6 is 11.3 Å². The summed E-state index contributed by atoms with van der Waals surface area (Å²) < 4.78 is 95.4. The minimum absolute atomic E-state index is 0.0390. The fraction of sp³-hybridized carbons (Fsp3) is 0.207. The standard InChI is InChI=1S/C29H22F7N3O3S/c30-23-4-2-1-3-22(23)24-16-43-27(38-24)39(14-17-5-7-19(8-6-17)26(42)37-10-9-25(40)41)15-18-11-20(28(31,32)33)13-21(12-18)29(34,35)36/h1-8,11-13,16H,9-10,14-15H2,(H,37,42)(H,40,41). The summed E-state index contributed by atoms with van der Waals surface area (Å²) in [6.07, 6.45) is -10.3. The van der Waals surface area contributed by atoms with Gasteiger partial charge in [0.15, 0.2) is 5.13 Å². The number of hydrogen-bond acceptors (Lipinski definition) is 5. The highest BCUT2D eigenvalue weighted by atomic mass is 32.1. The van der Waals surface area contributed by atoms with Gasteiger partial charge in [0.25, 0.3) is 5.91 Å². The molecule has 1 heterocycles. The summed E-state index contributed by atoms with van der Waals surface area (Å²) in [4.78, 5) is 28.8. The van der Waals surface area contributed by atoms with Crippen LogP contribution in [0.25, 0.3) is 11.3 Å². The predicted octanol–water partition coefficient (Wildman–Crippen LogP) is 7.40. The van der Waals surface area contributed by atoms with Gasteiger partial charge in [0.05, 0.1) is 23.2 Å². The number of rotatable bonds is 10. The SMILES string of the molecule is O=C(O)CCNC(=O)c1ccc(CN(Cc2cc(C(F)(F)F)cc(C(F)(F)F)c2)c2nc(-c3ccccc3F)cs2)cc1. The maximum atomic E-state index is 14.4. The Morgan fingerprint density at radius 1 is 0.860 bits per heavy atom. The number of nitrogens with one attached hydrogen (secondary N) is 1. The number of carboxylic acids is 1. The van der Waals surface area contributed by atoms with E-state index >= 15 is 0 Å². The molecule has 0 atom stereocenters. The van der Waals surface area contributed by atoms with E-state index in [-0.39, 0.29) is 53.1 Å². The first kappa shape index (κ1) is 31.5. The van der Waals surface area contributed by atoms with Crippen LogP contribution in [-0.4, -0.2) is 28.5 Å². The molecule has 1 amide bonds. The van der Waals surface area contributed by atoms with Crippen LogP contribution in [0, 0.1) is 5.82 Å². The molecular formula is C29H22F7N3O3S. The number of carboxylic acid groups (broad SMARTS) is 1. The molecule has 0 saturated heterocycles. The highest BCUT2D eigenvalue weighted by Gasteiger charge is 2.37. The molecule has 2 N–H and O–H groups in total. The lowest BCUT2D eigenvalue weighted by atomic mass is 10.0. The van der Waals surface area contributed by atoms with E-state index in [0.29, 0.717) is 17.7 Å². The third kappa shape index (κ3) is 8.31. The maximum Gasteiger partial charge on any atom is 0.416 e. The Kier molecular flexibility index (Phi) is 9.38.